The fourth-order valence-corrected chi connectivity index (χ4v) is 3.37. The predicted octanol–water partition coefficient (Wildman–Crippen LogP) is 2.35. The minimum absolute atomic E-state index is 0.109. The van der Waals surface area contributed by atoms with Crippen LogP contribution < -0.4 is 10.6 Å². The highest BCUT2D eigenvalue weighted by Crippen LogP contribution is 2.25. The van der Waals surface area contributed by atoms with Gasteiger partial charge in [-0.25, -0.2) is 4.98 Å². The second-order valence-electron chi connectivity index (χ2n) is 5.25. The third kappa shape index (κ3) is 3.49. The maximum atomic E-state index is 12.5. The number of hydrogen-bond donors (Lipinski definition) is 2. The maximum Gasteiger partial charge on any atom is 0.224 e. The van der Waals surface area contributed by atoms with Gasteiger partial charge in [0.1, 0.15) is 11.0 Å². The number of carbonyl (C=O) groups excluding carboxylic acids is 1. The number of rotatable bonds is 4. The summed E-state index contributed by atoms with van der Waals surface area (Å²) in [6, 6.07) is 9.90. The van der Waals surface area contributed by atoms with E-state index in [1.807, 2.05) is 35.7 Å². The number of aromatic nitrogens is 1. The Bertz CT molecular complexity index is 564. The average molecular weight is 301 g/mol. The molecule has 1 fully saturated rings. The molecule has 1 atom stereocenters. The summed E-state index contributed by atoms with van der Waals surface area (Å²) in [5.41, 5.74) is 1.08. The molecule has 0 bridgehead atoms. The van der Waals surface area contributed by atoms with Crippen LogP contribution in [-0.4, -0.2) is 24.0 Å². The molecular weight excluding hydrogens is 282 g/mol. The quantitative estimate of drug-likeness (QED) is 0.911. The molecule has 5 heteroatoms. The van der Waals surface area contributed by atoms with Crippen LogP contribution in [0.4, 0.5) is 0 Å². The van der Waals surface area contributed by atoms with E-state index in [2.05, 4.69) is 15.6 Å². The number of carbonyl (C=O) groups is 1. The fraction of sp³-hybridized carbons (Fsp3) is 0.375. The van der Waals surface area contributed by atoms with Gasteiger partial charge in [0.2, 0.25) is 5.91 Å². The average Bonchev–Trinajstić information content (AvgIpc) is 3.08. The Morgan fingerprint density at radius 2 is 2.05 bits per heavy atom. The molecule has 4 nitrogen and oxygen atoms in total. The van der Waals surface area contributed by atoms with Gasteiger partial charge in [0.15, 0.2) is 0 Å². The molecule has 1 aliphatic heterocycles. The second kappa shape index (κ2) is 6.83. The van der Waals surface area contributed by atoms with Gasteiger partial charge in [0, 0.05) is 17.5 Å². The highest BCUT2D eigenvalue weighted by Gasteiger charge is 2.25. The smallest absolute Gasteiger partial charge is 0.224 e. The van der Waals surface area contributed by atoms with E-state index in [0.29, 0.717) is 0 Å². The van der Waals surface area contributed by atoms with Crippen LogP contribution in [0.3, 0.4) is 0 Å². The van der Waals surface area contributed by atoms with Crippen LogP contribution >= 0.6 is 11.3 Å². The summed E-state index contributed by atoms with van der Waals surface area (Å²) in [4.78, 5) is 16.9. The largest absolute Gasteiger partial charge is 0.342 e. The Morgan fingerprint density at radius 1 is 1.29 bits per heavy atom. The van der Waals surface area contributed by atoms with Crippen molar-refractivity contribution >= 4 is 17.2 Å². The van der Waals surface area contributed by atoms with Crippen LogP contribution in [0.15, 0.2) is 41.9 Å². The molecule has 110 valence electrons. The zero-order chi connectivity index (χ0) is 14.5. The molecule has 0 saturated carbocycles. The van der Waals surface area contributed by atoms with Crippen LogP contribution in [0.5, 0.6) is 0 Å². The van der Waals surface area contributed by atoms with E-state index in [4.69, 9.17) is 0 Å². The Balaban J connectivity index is 1.78. The molecular formula is C16H19N3OS. The number of thiazole rings is 1. The Hall–Kier alpha value is -1.72. The van der Waals surface area contributed by atoms with E-state index in [0.717, 1.165) is 36.5 Å². The fourth-order valence-electron chi connectivity index (χ4n) is 2.65. The zero-order valence-corrected chi connectivity index (χ0v) is 12.6. The molecule has 1 aromatic heterocycles. The molecule has 2 N–H and O–H groups in total. The summed E-state index contributed by atoms with van der Waals surface area (Å²) in [6.45, 7) is 1.84. The summed E-state index contributed by atoms with van der Waals surface area (Å²) in [7, 11) is 0. The first-order valence-electron chi connectivity index (χ1n) is 7.30. The first-order chi connectivity index (χ1) is 10.3. The van der Waals surface area contributed by atoms with Gasteiger partial charge >= 0.3 is 0 Å². The lowest BCUT2D eigenvalue weighted by molar-refractivity contribution is -0.126. The second-order valence-corrected chi connectivity index (χ2v) is 6.17. The van der Waals surface area contributed by atoms with E-state index in [9.17, 15) is 4.79 Å². The van der Waals surface area contributed by atoms with E-state index in [1.54, 1.807) is 17.5 Å². The number of hydrogen-bond acceptors (Lipinski definition) is 4. The first kappa shape index (κ1) is 14.2. The van der Waals surface area contributed by atoms with Gasteiger partial charge in [-0.05, 0) is 31.5 Å². The minimum atomic E-state index is -0.145. The van der Waals surface area contributed by atoms with Crippen molar-refractivity contribution in [2.45, 2.75) is 18.9 Å². The SMILES string of the molecule is O=C(NC(c1ccccc1)c1nccs1)C1CCNCC1. The summed E-state index contributed by atoms with van der Waals surface area (Å²) in [6.07, 6.45) is 3.60. The van der Waals surface area contributed by atoms with Gasteiger partial charge in [-0.15, -0.1) is 11.3 Å². The molecule has 0 aliphatic carbocycles. The molecule has 0 radical (unpaired) electrons. The number of nitrogens with one attached hydrogen (secondary N) is 2. The van der Waals surface area contributed by atoms with Gasteiger partial charge in [-0.2, -0.15) is 0 Å². The van der Waals surface area contributed by atoms with Crippen molar-refractivity contribution in [2.75, 3.05) is 13.1 Å². The number of nitrogens with zero attached hydrogens (tertiary/aromatic N) is 1. The van der Waals surface area contributed by atoms with Gasteiger partial charge < -0.3 is 10.6 Å². The van der Waals surface area contributed by atoms with Crippen molar-refractivity contribution in [1.82, 2.24) is 15.6 Å². The molecule has 1 aromatic carbocycles. The molecule has 2 heterocycles. The van der Waals surface area contributed by atoms with Crippen molar-refractivity contribution < 1.29 is 4.79 Å². The first-order valence-corrected chi connectivity index (χ1v) is 8.18. The lowest BCUT2D eigenvalue weighted by Gasteiger charge is -2.25. The minimum Gasteiger partial charge on any atom is -0.342 e. The summed E-state index contributed by atoms with van der Waals surface area (Å²) < 4.78 is 0. The van der Waals surface area contributed by atoms with Gasteiger partial charge in [0.05, 0.1) is 0 Å². The van der Waals surface area contributed by atoms with E-state index in [1.165, 1.54) is 0 Å². The normalized spacial score (nSPS) is 17.3. The van der Waals surface area contributed by atoms with Crippen molar-refractivity contribution in [3.63, 3.8) is 0 Å². The van der Waals surface area contributed by atoms with E-state index in [-0.39, 0.29) is 17.9 Å². The Morgan fingerprint density at radius 3 is 2.71 bits per heavy atom. The molecule has 2 aromatic rings. The van der Waals surface area contributed by atoms with Crippen LogP contribution in [0.2, 0.25) is 0 Å². The summed E-state index contributed by atoms with van der Waals surface area (Å²) in [5.74, 6) is 0.248. The van der Waals surface area contributed by atoms with Gasteiger partial charge in [-0.1, -0.05) is 30.3 Å². The predicted molar refractivity (Wildman–Crippen MR) is 84.1 cm³/mol. The van der Waals surface area contributed by atoms with Crippen molar-refractivity contribution in [3.05, 3.63) is 52.5 Å². The molecule has 21 heavy (non-hydrogen) atoms. The van der Waals surface area contributed by atoms with Gasteiger partial charge in [0.25, 0.3) is 0 Å². The highest BCUT2D eigenvalue weighted by molar-refractivity contribution is 7.09. The molecule has 1 amide bonds. The summed E-state index contributed by atoms with van der Waals surface area (Å²) >= 11 is 1.58. The van der Waals surface area contributed by atoms with Crippen LogP contribution in [0.25, 0.3) is 0 Å². The molecule has 1 saturated heterocycles. The molecule has 1 aliphatic rings. The van der Waals surface area contributed by atoms with Crippen molar-refractivity contribution in [2.24, 2.45) is 5.92 Å². The highest BCUT2D eigenvalue weighted by atomic mass is 32.1. The maximum absolute atomic E-state index is 12.5. The topological polar surface area (TPSA) is 54.0 Å². The van der Waals surface area contributed by atoms with E-state index >= 15 is 0 Å². The van der Waals surface area contributed by atoms with Gasteiger partial charge in [-0.3, -0.25) is 4.79 Å². The number of amides is 1. The van der Waals surface area contributed by atoms with E-state index < -0.39 is 0 Å². The summed E-state index contributed by atoms with van der Waals surface area (Å²) in [5, 5.41) is 9.36. The Labute approximate surface area is 128 Å². The standard InChI is InChI=1S/C16H19N3OS/c20-15(13-6-8-17-9-7-13)19-14(16-18-10-11-21-16)12-4-2-1-3-5-12/h1-5,10-11,13-14,17H,6-9H2,(H,19,20). The lowest BCUT2D eigenvalue weighted by Crippen LogP contribution is -2.39. The third-order valence-electron chi connectivity index (χ3n) is 3.83. The molecule has 1 unspecified atom stereocenters. The molecule has 0 spiro atoms. The number of piperidine rings is 1. The zero-order valence-electron chi connectivity index (χ0n) is 11.8. The Kier molecular flexibility index (Phi) is 4.62. The lowest BCUT2D eigenvalue weighted by atomic mass is 9.96. The van der Waals surface area contributed by atoms with Crippen molar-refractivity contribution in [1.29, 1.82) is 0 Å². The third-order valence-corrected chi connectivity index (χ3v) is 4.67. The van der Waals surface area contributed by atoms with Crippen LogP contribution in [0, 0.1) is 5.92 Å². The number of benzene rings is 1. The van der Waals surface area contributed by atoms with Crippen molar-refractivity contribution in [3.8, 4) is 0 Å². The molecule has 3 rings (SSSR count). The monoisotopic (exact) mass is 301 g/mol. The van der Waals surface area contributed by atoms with Crippen LogP contribution in [0.1, 0.15) is 29.5 Å². The van der Waals surface area contributed by atoms with Crippen LogP contribution in [-0.2, 0) is 4.79 Å².